The van der Waals surface area contributed by atoms with E-state index in [9.17, 15) is 4.79 Å². The first-order chi connectivity index (χ1) is 14.7. The molecule has 1 atom stereocenters. The maximum Gasteiger partial charge on any atom is 0.349 e. The fourth-order valence-corrected chi connectivity index (χ4v) is 5.36. The average Bonchev–Trinajstić information content (AvgIpc) is 3.27. The molecule has 0 aliphatic heterocycles. The molecule has 150 valence electrons. The lowest BCUT2D eigenvalue weighted by atomic mass is 10.0. The van der Waals surface area contributed by atoms with Gasteiger partial charge in [0.2, 0.25) is 0 Å². The van der Waals surface area contributed by atoms with Gasteiger partial charge < -0.3 is 5.73 Å². The molecule has 2 N–H and O–H groups in total. The highest BCUT2D eigenvalue weighted by Gasteiger charge is 2.24. The predicted molar refractivity (Wildman–Crippen MR) is 123 cm³/mol. The van der Waals surface area contributed by atoms with Gasteiger partial charge in [0.25, 0.3) is 0 Å². The lowest BCUT2D eigenvalue weighted by Gasteiger charge is -2.18. The van der Waals surface area contributed by atoms with E-state index in [0.717, 1.165) is 46.5 Å². The summed E-state index contributed by atoms with van der Waals surface area (Å²) in [6.45, 7) is 0.565. The third kappa shape index (κ3) is 3.55. The van der Waals surface area contributed by atoms with Crippen molar-refractivity contribution in [3.05, 3.63) is 106 Å². The van der Waals surface area contributed by atoms with Crippen molar-refractivity contribution in [1.29, 1.82) is 0 Å². The summed E-state index contributed by atoms with van der Waals surface area (Å²) in [5.74, 6) is 0. The minimum atomic E-state index is -0.280. The molecular weight excluding hydrogens is 390 g/mol. The molecule has 0 spiro atoms. The summed E-state index contributed by atoms with van der Waals surface area (Å²) in [4.78, 5) is 17.4. The van der Waals surface area contributed by atoms with Gasteiger partial charge in [-0.2, -0.15) is 4.98 Å². The van der Waals surface area contributed by atoms with Gasteiger partial charge in [-0.3, -0.25) is 4.57 Å². The molecule has 0 saturated heterocycles. The molecule has 0 amide bonds. The topological polar surface area (TPSA) is 60.9 Å². The molecular formula is C25H23N3OS. The second-order valence-corrected chi connectivity index (χ2v) is 8.79. The van der Waals surface area contributed by atoms with Crippen molar-refractivity contribution in [3.8, 4) is 0 Å². The van der Waals surface area contributed by atoms with E-state index in [2.05, 4.69) is 29.2 Å². The Kier molecular flexibility index (Phi) is 5.15. The second kappa shape index (κ2) is 8.09. The normalized spacial score (nSPS) is 14.0. The van der Waals surface area contributed by atoms with Crippen LogP contribution in [0.1, 0.15) is 34.2 Å². The Bertz CT molecular complexity index is 1260. The summed E-state index contributed by atoms with van der Waals surface area (Å²) in [5.41, 5.74) is 10.9. The van der Waals surface area contributed by atoms with Crippen LogP contribution in [0.5, 0.6) is 0 Å². The molecule has 1 aromatic heterocycles. The van der Waals surface area contributed by atoms with E-state index in [0.29, 0.717) is 6.54 Å². The standard InChI is InChI=1S/C25H23N3OS/c26-23(20-13-6-11-18-10-4-5-12-19(18)20)30-24-21-14-7-15-22(21)28(25(29)27-24)16-17-8-2-1-3-9-17/h1-6,8-13,23H,7,14-16,26H2. The smallest absolute Gasteiger partial charge is 0.315 e. The molecule has 0 fully saturated rings. The third-order valence-electron chi connectivity index (χ3n) is 5.75. The van der Waals surface area contributed by atoms with Gasteiger partial charge in [0.1, 0.15) is 5.03 Å². The van der Waals surface area contributed by atoms with Gasteiger partial charge in [-0.15, -0.1) is 0 Å². The van der Waals surface area contributed by atoms with Gasteiger partial charge in [-0.1, -0.05) is 84.6 Å². The van der Waals surface area contributed by atoms with Crippen LogP contribution in [0.4, 0.5) is 0 Å². The first kappa shape index (κ1) is 19.1. The summed E-state index contributed by atoms with van der Waals surface area (Å²) in [6.07, 6.45) is 2.91. The van der Waals surface area contributed by atoms with Gasteiger partial charge in [0.15, 0.2) is 0 Å². The first-order valence-electron chi connectivity index (χ1n) is 10.3. The number of nitrogens with two attached hydrogens (primary N) is 1. The Labute approximate surface area is 179 Å². The molecule has 5 rings (SSSR count). The van der Waals surface area contributed by atoms with Crippen LogP contribution in [0.15, 0.2) is 82.6 Å². The highest BCUT2D eigenvalue weighted by molar-refractivity contribution is 7.99. The summed E-state index contributed by atoms with van der Waals surface area (Å²) in [5, 5.41) is 2.83. The van der Waals surface area contributed by atoms with Crippen LogP contribution in [0.2, 0.25) is 0 Å². The number of rotatable bonds is 5. The van der Waals surface area contributed by atoms with Crippen LogP contribution in [0.25, 0.3) is 10.8 Å². The minimum Gasteiger partial charge on any atom is -0.315 e. The number of aromatic nitrogens is 2. The Morgan fingerprint density at radius 1 is 0.967 bits per heavy atom. The van der Waals surface area contributed by atoms with Crippen LogP contribution < -0.4 is 11.4 Å². The van der Waals surface area contributed by atoms with Crippen molar-refractivity contribution in [1.82, 2.24) is 9.55 Å². The third-order valence-corrected chi connectivity index (χ3v) is 6.82. The van der Waals surface area contributed by atoms with Gasteiger partial charge >= 0.3 is 5.69 Å². The molecule has 3 aromatic carbocycles. The maximum atomic E-state index is 12.9. The number of fused-ring (bicyclic) bond motifs is 2. The van der Waals surface area contributed by atoms with Crippen molar-refractivity contribution in [3.63, 3.8) is 0 Å². The average molecular weight is 414 g/mol. The molecule has 0 bridgehead atoms. The molecule has 0 saturated carbocycles. The van der Waals surface area contributed by atoms with Crippen LogP contribution in [-0.4, -0.2) is 9.55 Å². The maximum absolute atomic E-state index is 12.9. The SMILES string of the molecule is NC(Sc1nc(=O)n(Cc2ccccc2)c2c1CCC2)c1cccc2ccccc12. The van der Waals surface area contributed by atoms with E-state index in [4.69, 9.17) is 5.73 Å². The summed E-state index contributed by atoms with van der Waals surface area (Å²) >= 11 is 1.50. The van der Waals surface area contributed by atoms with E-state index in [1.165, 1.54) is 22.7 Å². The zero-order chi connectivity index (χ0) is 20.5. The summed E-state index contributed by atoms with van der Waals surface area (Å²) < 4.78 is 1.84. The summed E-state index contributed by atoms with van der Waals surface area (Å²) in [6, 6.07) is 24.5. The lowest BCUT2D eigenvalue weighted by molar-refractivity contribution is 0.666. The highest BCUT2D eigenvalue weighted by atomic mass is 32.2. The molecule has 1 aliphatic carbocycles. The van der Waals surface area contributed by atoms with Crippen molar-refractivity contribution >= 4 is 22.5 Å². The van der Waals surface area contributed by atoms with Gasteiger partial charge in [0.05, 0.1) is 11.9 Å². The van der Waals surface area contributed by atoms with Crippen LogP contribution in [0, 0.1) is 0 Å². The number of hydrogen-bond acceptors (Lipinski definition) is 4. The second-order valence-electron chi connectivity index (χ2n) is 7.66. The van der Waals surface area contributed by atoms with E-state index in [-0.39, 0.29) is 11.1 Å². The van der Waals surface area contributed by atoms with Crippen LogP contribution >= 0.6 is 11.8 Å². The monoisotopic (exact) mass is 413 g/mol. The molecule has 4 nitrogen and oxygen atoms in total. The Hall–Kier alpha value is -2.89. The van der Waals surface area contributed by atoms with Crippen LogP contribution in [0.3, 0.4) is 0 Å². The molecule has 30 heavy (non-hydrogen) atoms. The largest absolute Gasteiger partial charge is 0.349 e. The van der Waals surface area contributed by atoms with E-state index < -0.39 is 0 Å². The number of thioether (sulfide) groups is 1. The van der Waals surface area contributed by atoms with Gasteiger partial charge in [0, 0.05) is 11.3 Å². The number of benzene rings is 3. The minimum absolute atomic E-state index is 0.188. The van der Waals surface area contributed by atoms with Gasteiger partial charge in [-0.05, 0) is 41.2 Å². The molecule has 1 aliphatic rings. The fourth-order valence-electron chi connectivity index (χ4n) is 4.30. The molecule has 5 heteroatoms. The lowest BCUT2D eigenvalue weighted by Crippen LogP contribution is -2.28. The Morgan fingerprint density at radius 2 is 1.73 bits per heavy atom. The van der Waals surface area contributed by atoms with E-state index in [1.807, 2.05) is 53.1 Å². The van der Waals surface area contributed by atoms with E-state index >= 15 is 0 Å². The van der Waals surface area contributed by atoms with Crippen molar-refractivity contribution in [2.24, 2.45) is 5.73 Å². The van der Waals surface area contributed by atoms with Crippen LogP contribution in [-0.2, 0) is 19.4 Å². The van der Waals surface area contributed by atoms with Gasteiger partial charge in [-0.25, -0.2) is 4.79 Å². The zero-order valence-electron chi connectivity index (χ0n) is 16.6. The molecule has 1 unspecified atom stereocenters. The molecule has 4 aromatic rings. The fraction of sp³-hybridized carbons (Fsp3) is 0.200. The molecule has 1 heterocycles. The van der Waals surface area contributed by atoms with Crippen molar-refractivity contribution in [2.75, 3.05) is 0 Å². The number of nitrogens with zero attached hydrogens (tertiary/aromatic N) is 2. The van der Waals surface area contributed by atoms with Crippen molar-refractivity contribution in [2.45, 2.75) is 36.2 Å². The highest BCUT2D eigenvalue weighted by Crippen LogP contribution is 2.37. The predicted octanol–water partition coefficient (Wildman–Crippen LogP) is 4.68. The first-order valence-corrected chi connectivity index (χ1v) is 11.1. The zero-order valence-corrected chi connectivity index (χ0v) is 17.4. The molecule has 0 radical (unpaired) electrons. The Morgan fingerprint density at radius 3 is 2.60 bits per heavy atom. The summed E-state index contributed by atoms with van der Waals surface area (Å²) in [7, 11) is 0. The Balaban J connectivity index is 1.50. The van der Waals surface area contributed by atoms with E-state index in [1.54, 1.807) is 0 Å². The number of hydrogen-bond donors (Lipinski definition) is 1. The quantitative estimate of drug-likeness (QED) is 0.293. The van der Waals surface area contributed by atoms with Crippen molar-refractivity contribution < 1.29 is 0 Å².